The van der Waals surface area contributed by atoms with E-state index in [2.05, 4.69) is 41.0 Å². The van der Waals surface area contributed by atoms with Crippen molar-refractivity contribution in [2.45, 2.75) is 6.54 Å². The Kier molecular flexibility index (Phi) is 8.08. The van der Waals surface area contributed by atoms with E-state index in [1.807, 2.05) is 24.4 Å². The Morgan fingerprint density at radius 3 is 2.65 bits per heavy atom. The number of rotatable bonds is 3. The molecule has 1 aromatic heterocycles. The zero-order chi connectivity index (χ0) is 17.6. The van der Waals surface area contributed by atoms with Gasteiger partial charge in [-0.3, -0.25) is 4.99 Å². The molecule has 2 heterocycles. The zero-order valence-corrected chi connectivity index (χ0v) is 18.4. The van der Waals surface area contributed by atoms with Crippen molar-refractivity contribution in [1.29, 1.82) is 0 Å². The van der Waals surface area contributed by atoms with Gasteiger partial charge in [0.05, 0.1) is 0 Å². The first-order valence-electron chi connectivity index (χ1n) is 8.23. The SMILES string of the molecule is CN=C(NCc1cc(F)ccc1Br)N1CCN(c2ccccn2)CC1.I. The quantitative estimate of drug-likeness (QED) is 0.372. The molecule has 0 aliphatic carbocycles. The van der Waals surface area contributed by atoms with Crippen LogP contribution in [0.15, 0.2) is 52.1 Å². The van der Waals surface area contributed by atoms with Gasteiger partial charge in [0.15, 0.2) is 5.96 Å². The van der Waals surface area contributed by atoms with Gasteiger partial charge in [0.2, 0.25) is 0 Å². The summed E-state index contributed by atoms with van der Waals surface area (Å²) in [6.45, 7) is 4.02. The summed E-state index contributed by atoms with van der Waals surface area (Å²) in [7, 11) is 1.77. The average Bonchev–Trinajstić information content (AvgIpc) is 2.66. The third-order valence-corrected chi connectivity index (χ3v) is 4.98. The van der Waals surface area contributed by atoms with Crippen LogP contribution in [0.2, 0.25) is 0 Å². The maximum Gasteiger partial charge on any atom is 0.194 e. The third-order valence-electron chi connectivity index (χ3n) is 4.21. The molecule has 140 valence electrons. The molecule has 2 aromatic rings. The molecule has 1 aliphatic rings. The number of nitrogens with zero attached hydrogens (tertiary/aromatic N) is 4. The fourth-order valence-corrected chi connectivity index (χ4v) is 3.26. The number of piperazine rings is 1. The van der Waals surface area contributed by atoms with Crippen LogP contribution in [-0.2, 0) is 6.54 Å². The van der Waals surface area contributed by atoms with Gasteiger partial charge in [0, 0.05) is 50.4 Å². The predicted octanol–water partition coefficient (Wildman–Crippen LogP) is 3.50. The van der Waals surface area contributed by atoms with E-state index < -0.39 is 0 Å². The number of benzene rings is 1. The lowest BCUT2D eigenvalue weighted by molar-refractivity contribution is 0.371. The summed E-state index contributed by atoms with van der Waals surface area (Å²) in [4.78, 5) is 13.3. The fraction of sp³-hybridized carbons (Fsp3) is 0.333. The van der Waals surface area contributed by atoms with Crippen molar-refractivity contribution in [2.24, 2.45) is 4.99 Å². The zero-order valence-electron chi connectivity index (χ0n) is 14.5. The van der Waals surface area contributed by atoms with Crippen LogP contribution in [0.25, 0.3) is 0 Å². The number of hydrogen-bond acceptors (Lipinski definition) is 3. The van der Waals surface area contributed by atoms with E-state index in [0.717, 1.165) is 48.0 Å². The second kappa shape index (κ2) is 10.1. The summed E-state index contributed by atoms with van der Waals surface area (Å²) >= 11 is 3.46. The van der Waals surface area contributed by atoms with Crippen molar-refractivity contribution in [1.82, 2.24) is 15.2 Å². The Morgan fingerprint density at radius 2 is 2.00 bits per heavy atom. The van der Waals surface area contributed by atoms with Crippen LogP contribution < -0.4 is 10.2 Å². The predicted molar refractivity (Wildman–Crippen MR) is 118 cm³/mol. The normalized spacial score (nSPS) is 14.8. The molecule has 5 nitrogen and oxygen atoms in total. The molecule has 0 bridgehead atoms. The molecule has 0 radical (unpaired) electrons. The van der Waals surface area contributed by atoms with Crippen molar-refractivity contribution in [2.75, 3.05) is 38.1 Å². The van der Waals surface area contributed by atoms with Crippen LogP contribution >= 0.6 is 39.9 Å². The largest absolute Gasteiger partial charge is 0.353 e. The van der Waals surface area contributed by atoms with Crippen molar-refractivity contribution in [3.8, 4) is 0 Å². The summed E-state index contributed by atoms with van der Waals surface area (Å²) in [6, 6.07) is 10.7. The van der Waals surface area contributed by atoms with Crippen LogP contribution in [0.5, 0.6) is 0 Å². The summed E-state index contributed by atoms with van der Waals surface area (Å²) in [5, 5.41) is 3.32. The fourth-order valence-electron chi connectivity index (χ4n) is 2.87. The van der Waals surface area contributed by atoms with Crippen LogP contribution in [0.3, 0.4) is 0 Å². The molecule has 1 N–H and O–H groups in total. The maximum absolute atomic E-state index is 13.4. The highest BCUT2D eigenvalue weighted by Gasteiger charge is 2.20. The minimum Gasteiger partial charge on any atom is -0.353 e. The topological polar surface area (TPSA) is 43.8 Å². The Bertz CT molecular complexity index is 736. The maximum atomic E-state index is 13.4. The summed E-state index contributed by atoms with van der Waals surface area (Å²) in [6.07, 6.45) is 1.82. The molecule has 0 atom stereocenters. The van der Waals surface area contributed by atoms with Crippen LogP contribution in [0.4, 0.5) is 10.2 Å². The second-order valence-corrected chi connectivity index (χ2v) is 6.65. The lowest BCUT2D eigenvalue weighted by Crippen LogP contribution is -2.52. The molecule has 0 saturated carbocycles. The number of anilines is 1. The lowest BCUT2D eigenvalue weighted by Gasteiger charge is -2.37. The van der Waals surface area contributed by atoms with Gasteiger partial charge >= 0.3 is 0 Å². The number of pyridine rings is 1. The van der Waals surface area contributed by atoms with Crippen molar-refractivity contribution in [3.05, 3.63) is 58.4 Å². The first-order valence-corrected chi connectivity index (χ1v) is 9.02. The van der Waals surface area contributed by atoms with E-state index in [-0.39, 0.29) is 29.8 Å². The summed E-state index contributed by atoms with van der Waals surface area (Å²) in [5.41, 5.74) is 0.869. The number of halogens is 3. The monoisotopic (exact) mass is 533 g/mol. The summed E-state index contributed by atoms with van der Waals surface area (Å²) in [5.74, 6) is 1.60. The molecule has 1 aliphatic heterocycles. The Balaban J connectivity index is 0.00000243. The molecule has 0 unspecified atom stereocenters. The summed E-state index contributed by atoms with van der Waals surface area (Å²) < 4.78 is 14.3. The van der Waals surface area contributed by atoms with E-state index in [1.165, 1.54) is 12.1 Å². The molecule has 0 amide bonds. The molecule has 26 heavy (non-hydrogen) atoms. The highest BCUT2D eigenvalue weighted by Crippen LogP contribution is 2.18. The first-order chi connectivity index (χ1) is 12.2. The average molecular weight is 534 g/mol. The second-order valence-electron chi connectivity index (χ2n) is 5.80. The highest BCUT2D eigenvalue weighted by atomic mass is 127. The van der Waals surface area contributed by atoms with Crippen molar-refractivity contribution < 1.29 is 4.39 Å². The first kappa shape index (κ1) is 20.9. The van der Waals surface area contributed by atoms with E-state index in [9.17, 15) is 4.39 Å². The Labute approximate surface area is 178 Å². The highest BCUT2D eigenvalue weighted by molar-refractivity contribution is 14.0. The van der Waals surface area contributed by atoms with Gasteiger partial charge in [-0.05, 0) is 35.9 Å². The minimum absolute atomic E-state index is 0. The number of nitrogens with one attached hydrogen (secondary N) is 1. The standard InChI is InChI=1S/C18H21BrFN5.HI/c1-21-18(23-13-14-12-15(20)5-6-16(14)19)25-10-8-24(9-11-25)17-4-2-3-7-22-17;/h2-7,12H,8-11,13H2,1H3,(H,21,23);1H. The van der Waals surface area contributed by atoms with Crippen molar-refractivity contribution >= 4 is 51.7 Å². The van der Waals surface area contributed by atoms with Gasteiger partial charge < -0.3 is 15.1 Å². The van der Waals surface area contributed by atoms with E-state index >= 15 is 0 Å². The lowest BCUT2D eigenvalue weighted by atomic mass is 10.2. The number of guanidine groups is 1. The minimum atomic E-state index is -0.237. The molecular formula is C18H22BrFIN5. The van der Waals surface area contributed by atoms with E-state index in [4.69, 9.17) is 0 Å². The number of hydrogen-bond donors (Lipinski definition) is 1. The van der Waals surface area contributed by atoms with E-state index in [1.54, 1.807) is 13.1 Å². The molecule has 3 rings (SSSR count). The third kappa shape index (κ3) is 5.29. The van der Waals surface area contributed by atoms with Crippen LogP contribution in [0, 0.1) is 5.82 Å². The van der Waals surface area contributed by atoms with Gasteiger partial charge in [-0.2, -0.15) is 0 Å². The van der Waals surface area contributed by atoms with Gasteiger partial charge in [-0.25, -0.2) is 9.37 Å². The Morgan fingerprint density at radius 1 is 1.23 bits per heavy atom. The molecule has 1 aromatic carbocycles. The van der Waals surface area contributed by atoms with Crippen LogP contribution in [-0.4, -0.2) is 49.1 Å². The Hall–Kier alpha value is -1.42. The van der Waals surface area contributed by atoms with Gasteiger partial charge in [0.25, 0.3) is 0 Å². The molecule has 0 spiro atoms. The molecule has 8 heteroatoms. The van der Waals surface area contributed by atoms with Crippen molar-refractivity contribution in [3.63, 3.8) is 0 Å². The number of aromatic nitrogens is 1. The molecule has 1 fully saturated rings. The van der Waals surface area contributed by atoms with Gasteiger partial charge in [-0.15, -0.1) is 24.0 Å². The van der Waals surface area contributed by atoms with Gasteiger partial charge in [-0.1, -0.05) is 22.0 Å². The van der Waals surface area contributed by atoms with Crippen LogP contribution in [0.1, 0.15) is 5.56 Å². The smallest absolute Gasteiger partial charge is 0.194 e. The molecule has 1 saturated heterocycles. The number of aliphatic imine (C=N–C) groups is 1. The molecular weight excluding hydrogens is 512 g/mol. The van der Waals surface area contributed by atoms with Gasteiger partial charge in [0.1, 0.15) is 11.6 Å². The van der Waals surface area contributed by atoms with E-state index in [0.29, 0.717) is 6.54 Å².